The Hall–Kier alpha value is -1.99. The largest absolute Gasteiger partial charge is 0.511 e. The zero-order valence-corrected chi connectivity index (χ0v) is 20.1. The lowest BCUT2D eigenvalue weighted by Gasteiger charge is -2.59. The molecule has 3 fully saturated rings. The van der Waals surface area contributed by atoms with Crippen LogP contribution in [0.15, 0.2) is 23.5 Å². The number of allylic oxidation sites excluding steroid dienone is 3. The van der Waals surface area contributed by atoms with Gasteiger partial charge in [-0.25, -0.2) is 4.79 Å². The number of hydrogen-bond donors (Lipinski definition) is 2. The lowest BCUT2D eigenvalue weighted by Crippen LogP contribution is -2.60. The van der Waals surface area contributed by atoms with Crippen LogP contribution in [-0.4, -0.2) is 53.2 Å². The third kappa shape index (κ3) is 3.34. The Bertz CT molecular complexity index is 920. The number of aliphatic hydroxyl groups is 2. The summed E-state index contributed by atoms with van der Waals surface area (Å²) in [5.74, 6) is -0.527. The first kappa shape index (κ1) is 24.1. The summed E-state index contributed by atoms with van der Waals surface area (Å²) in [6.45, 7) is 7.42. The number of ether oxygens (including phenoxy) is 2. The molecule has 2 N–H and O–H groups in total. The van der Waals surface area contributed by atoms with Gasteiger partial charge in [-0.3, -0.25) is 9.59 Å². The molecular formula is C26H36O7. The van der Waals surface area contributed by atoms with E-state index in [-0.39, 0.29) is 41.8 Å². The summed E-state index contributed by atoms with van der Waals surface area (Å²) in [6, 6.07) is 0. The molecule has 7 nitrogen and oxygen atoms in total. The number of ketones is 2. The van der Waals surface area contributed by atoms with Gasteiger partial charge >= 0.3 is 5.97 Å². The molecule has 0 aromatic rings. The zero-order chi connectivity index (χ0) is 24.2. The van der Waals surface area contributed by atoms with Crippen molar-refractivity contribution >= 4 is 17.5 Å². The van der Waals surface area contributed by atoms with Crippen LogP contribution >= 0.6 is 0 Å². The average Bonchev–Trinajstić information content (AvgIpc) is 3.07. The maximum atomic E-state index is 13.1. The molecular weight excluding hydrogens is 424 g/mol. The van der Waals surface area contributed by atoms with E-state index >= 15 is 0 Å². The molecule has 0 heterocycles. The van der Waals surface area contributed by atoms with E-state index in [1.165, 1.54) is 6.08 Å². The first-order chi connectivity index (χ1) is 15.5. The van der Waals surface area contributed by atoms with Crippen molar-refractivity contribution in [3.63, 3.8) is 0 Å². The quantitative estimate of drug-likeness (QED) is 0.585. The predicted molar refractivity (Wildman–Crippen MR) is 120 cm³/mol. The minimum atomic E-state index is -1.37. The van der Waals surface area contributed by atoms with Crippen molar-refractivity contribution in [1.29, 1.82) is 0 Å². The topological polar surface area (TPSA) is 110 Å². The highest BCUT2D eigenvalue weighted by molar-refractivity contribution is 6.01. The fourth-order valence-electron chi connectivity index (χ4n) is 7.92. The number of rotatable bonds is 6. The molecule has 0 unspecified atom stereocenters. The maximum Gasteiger partial charge on any atom is 0.333 e. The summed E-state index contributed by atoms with van der Waals surface area (Å²) in [5.41, 5.74) is -1.59. The summed E-state index contributed by atoms with van der Waals surface area (Å²) >= 11 is 0. The molecule has 0 amide bonds. The van der Waals surface area contributed by atoms with Crippen molar-refractivity contribution in [3.8, 4) is 0 Å². The molecule has 0 bridgehead atoms. The smallest absolute Gasteiger partial charge is 0.333 e. The Labute approximate surface area is 195 Å². The van der Waals surface area contributed by atoms with Gasteiger partial charge in [0.25, 0.3) is 0 Å². The minimum absolute atomic E-state index is 0.0953. The highest BCUT2D eigenvalue weighted by atomic mass is 16.6. The lowest BCUT2D eigenvalue weighted by atomic mass is 9.45. The monoisotopic (exact) mass is 460 g/mol. The van der Waals surface area contributed by atoms with Gasteiger partial charge in [0.1, 0.15) is 19.0 Å². The van der Waals surface area contributed by atoms with Crippen LogP contribution in [-0.2, 0) is 23.9 Å². The Balaban J connectivity index is 1.71. The van der Waals surface area contributed by atoms with Crippen LogP contribution in [0.4, 0.5) is 0 Å². The van der Waals surface area contributed by atoms with Crippen molar-refractivity contribution in [2.24, 2.45) is 34.5 Å². The first-order valence-corrected chi connectivity index (χ1v) is 12.2. The van der Waals surface area contributed by atoms with E-state index in [0.29, 0.717) is 25.9 Å². The average molecular weight is 461 g/mol. The van der Waals surface area contributed by atoms with Crippen LogP contribution in [0.5, 0.6) is 0 Å². The fraction of sp³-hybridized carbons (Fsp3) is 0.731. The van der Waals surface area contributed by atoms with Gasteiger partial charge in [-0.1, -0.05) is 13.8 Å². The number of aliphatic hydroxyl groups excluding tert-OH is 2. The van der Waals surface area contributed by atoms with Gasteiger partial charge < -0.3 is 19.7 Å². The Kier molecular flexibility index (Phi) is 6.11. The number of carbonyl (C=O) groups is 3. The third-order valence-corrected chi connectivity index (χ3v) is 9.47. The van der Waals surface area contributed by atoms with Gasteiger partial charge in [0.05, 0.1) is 0 Å². The maximum absolute atomic E-state index is 13.1. The van der Waals surface area contributed by atoms with Gasteiger partial charge in [-0.15, -0.1) is 0 Å². The second-order valence-corrected chi connectivity index (χ2v) is 10.8. The van der Waals surface area contributed by atoms with Crippen LogP contribution in [0.1, 0.15) is 59.8 Å². The van der Waals surface area contributed by atoms with Crippen molar-refractivity contribution in [1.82, 2.24) is 0 Å². The van der Waals surface area contributed by atoms with Crippen LogP contribution < -0.4 is 0 Å². The standard InChI is InChI=1S/C26H36O7/c1-5-32-14-23(31)33-26(22(30)13-27)9-7-18-17-10-15(2)20-11-16(28)12-21(29)25(20,4)19(17)6-8-24(18,26)3/h11-12,15,17-19,27,29H,5-10,13-14H2,1-4H3/t15-,17-,18-,19-,24-,25+,26-/m0/s1. The molecule has 7 atom stereocenters. The normalized spacial score (nSPS) is 41.9. The van der Waals surface area contributed by atoms with Gasteiger partial charge in [0.15, 0.2) is 11.4 Å². The lowest BCUT2D eigenvalue weighted by molar-refractivity contribution is -0.194. The number of hydrogen-bond acceptors (Lipinski definition) is 7. The Morgan fingerprint density at radius 3 is 2.52 bits per heavy atom. The van der Waals surface area contributed by atoms with Crippen LogP contribution in [0.2, 0.25) is 0 Å². The molecule has 0 radical (unpaired) electrons. The number of Topliss-reactive ketones (excluding diaryl/α,β-unsaturated/α-hetero) is 1. The van der Waals surface area contributed by atoms with Crippen molar-refractivity contribution in [2.75, 3.05) is 19.8 Å². The van der Waals surface area contributed by atoms with E-state index in [0.717, 1.165) is 18.4 Å². The fourth-order valence-corrected chi connectivity index (χ4v) is 7.92. The number of esters is 1. The Morgan fingerprint density at radius 2 is 1.85 bits per heavy atom. The SMILES string of the molecule is CCOCC(=O)O[C@]1(C(=O)CO)CC[C@H]2[C@@H]3C[C@H](C)C4=CC(=O)C=C(O)[C@]4(C)[C@H]3CC[C@@]21C. The molecule has 4 aliphatic carbocycles. The molecule has 33 heavy (non-hydrogen) atoms. The van der Waals surface area contributed by atoms with Gasteiger partial charge in [0.2, 0.25) is 5.78 Å². The van der Waals surface area contributed by atoms with Crippen molar-refractivity contribution in [3.05, 3.63) is 23.5 Å². The minimum Gasteiger partial charge on any atom is -0.511 e. The predicted octanol–water partition coefficient (Wildman–Crippen LogP) is 3.31. The van der Waals surface area contributed by atoms with Gasteiger partial charge in [0, 0.05) is 23.5 Å². The Morgan fingerprint density at radius 1 is 1.15 bits per heavy atom. The molecule has 0 aliphatic heterocycles. The molecule has 7 heteroatoms. The van der Waals surface area contributed by atoms with Crippen molar-refractivity contribution in [2.45, 2.75) is 65.4 Å². The number of fused-ring (bicyclic) bond motifs is 5. The molecule has 3 saturated carbocycles. The third-order valence-electron chi connectivity index (χ3n) is 9.47. The number of carbonyl (C=O) groups excluding carboxylic acids is 3. The van der Waals surface area contributed by atoms with E-state index in [1.807, 2.05) is 13.8 Å². The van der Waals surface area contributed by atoms with E-state index in [4.69, 9.17) is 9.47 Å². The second-order valence-electron chi connectivity index (χ2n) is 10.8. The highest BCUT2D eigenvalue weighted by Crippen LogP contribution is 2.69. The van der Waals surface area contributed by atoms with Crippen LogP contribution in [0, 0.1) is 34.5 Å². The van der Waals surface area contributed by atoms with Crippen LogP contribution in [0.25, 0.3) is 0 Å². The van der Waals surface area contributed by atoms with Gasteiger partial charge in [-0.05, 0) is 81.3 Å². The van der Waals surface area contributed by atoms with Gasteiger partial charge in [-0.2, -0.15) is 0 Å². The molecule has 4 aliphatic rings. The molecule has 0 saturated heterocycles. The molecule has 0 aromatic heterocycles. The summed E-state index contributed by atoms with van der Waals surface area (Å²) in [7, 11) is 0. The molecule has 0 aromatic carbocycles. The molecule has 0 spiro atoms. The van der Waals surface area contributed by atoms with E-state index < -0.39 is 34.8 Å². The first-order valence-electron chi connectivity index (χ1n) is 12.2. The second kappa shape index (κ2) is 8.35. The van der Waals surface area contributed by atoms with E-state index in [2.05, 4.69) is 6.92 Å². The molecule has 4 rings (SSSR count). The highest BCUT2D eigenvalue weighted by Gasteiger charge is 2.69. The summed E-state index contributed by atoms with van der Waals surface area (Å²) in [5, 5.41) is 20.8. The van der Waals surface area contributed by atoms with E-state index in [9.17, 15) is 24.6 Å². The van der Waals surface area contributed by atoms with Crippen LogP contribution in [0.3, 0.4) is 0 Å². The van der Waals surface area contributed by atoms with E-state index in [1.54, 1.807) is 13.0 Å². The summed E-state index contributed by atoms with van der Waals surface area (Å²) < 4.78 is 11.1. The zero-order valence-electron chi connectivity index (χ0n) is 20.1. The van der Waals surface area contributed by atoms with Crippen molar-refractivity contribution < 1.29 is 34.1 Å². The summed E-state index contributed by atoms with van der Waals surface area (Å²) in [4.78, 5) is 37.9. The molecule has 182 valence electrons. The summed E-state index contributed by atoms with van der Waals surface area (Å²) in [6.07, 6.45) is 6.33.